The number of benzene rings is 1. The zero-order valence-electron chi connectivity index (χ0n) is 7.66. The summed E-state index contributed by atoms with van der Waals surface area (Å²) >= 11 is 0. The number of rotatable bonds is 5. The summed E-state index contributed by atoms with van der Waals surface area (Å²) in [5, 5.41) is 0. The third-order valence-electron chi connectivity index (χ3n) is 1.94. The van der Waals surface area contributed by atoms with E-state index in [1.807, 2.05) is 0 Å². The van der Waals surface area contributed by atoms with E-state index in [0.29, 0.717) is 0 Å². The van der Waals surface area contributed by atoms with Gasteiger partial charge in [0.15, 0.2) is 0 Å². The van der Waals surface area contributed by atoms with Crippen molar-refractivity contribution in [1.29, 1.82) is 0 Å². The van der Waals surface area contributed by atoms with Crippen molar-refractivity contribution in [3.8, 4) is 0 Å². The quantitative estimate of drug-likeness (QED) is 0.478. The normalized spacial score (nSPS) is 11.1. The summed E-state index contributed by atoms with van der Waals surface area (Å²) in [7, 11) is 1.53. The smallest absolute Gasteiger partial charge is 0.0279 e. The van der Waals surface area contributed by atoms with Gasteiger partial charge in [-0.25, -0.2) is 0 Å². The van der Waals surface area contributed by atoms with Crippen LogP contribution in [0.2, 0.25) is 0 Å². The standard InChI is InChI=1S/C11H16P/c1-12-10-6-5-9-11-7-3-2-4-8-11/h2-4,7-8H,5-6,9-10H2,1H3. The molecule has 0 amide bonds. The van der Waals surface area contributed by atoms with Crippen LogP contribution in [0.25, 0.3) is 0 Å². The van der Waals surface area contributed by atoms with Gasteiger partial charge in [-0.3, -0.25) is 0 Å². The summed E-state index contributed by atoms with van der Waals surface area (Å²) in [6.45, 7) is 2.22. The molecule has 0 aliphatic heterocycles. The molecule has 1 aromatic carbocycles. The van der Waals surface area contributed by atoms with Crippen LogP contribution in [0.15, 0.2) is 30.3 Å². The van der Waals surface area contributed by atoms with E-state index in [1.165, 1.54) is 39.6 Å². The van der Waals surface area contributed by atoms with Crippen LogP contribution in [0.3, 0.4) is 0 Å². The molecule has 0 heterocycles. The van der Waals surface area contributed by atoms with Crippen LogP contribution in [-0.4, -0.2) is 12.8 Å². The Balaban J connectivity index is 2.16. The maximum Gasteiger partial charge on any atom is -0.0279 e. The predicted molar refractivity (Wildman–Crippen MR) is 57.1 cm³/mol. The monoisotopic (exact) mass is 179 g/mol. The molecule has 0 nitrogen and oxygen atoms in total. The fourth-order valence-electron chi connectivity index (χ4n) is 1.24. The van der Waals surface area contributed by atoms with E-state index in [-0.39, 0.29) is 0 Å². The van der Waals surface area contributed by atoms with E-state index in [9.17, 15) is 0 Å². The lowest BCUT2D eigenvalue weighted by Crippen LogP contribution is -1.85. The summed E-state index contributed by atoms with van der Waals surface area (Å²) in [6, 6.07) is 10.7. The SMILES string of the molecule is C[P]CCCCc1ccccc1. The molecule has 0 aromatic heterocycles. The lowest BCUT2D eigenvalue weighted by atomic mass is 10.1. The lowest BCUT2D eigenvalue weighted by Gasteiger charge is -1.99. The van der Waals surface area contributed by atoms with Crippen LogP contribution in [0.5, 0.6) is 0 Å². The lowest BCUT2D eigenvalue weighted by molar-refractivity contribution is 0.801. The van der Waals surface area contributed by atoms with E-state index in [4.69, 9.17) is 0 Å². The second kappa shape index (κ2) is 6.20. The molecular weight excluding hydrogens is 163 g/mol. The maximum absolute atomic E-state index is 2.22. The molecule has 0 N–H and O–H groups in total. The van der Waals surface area contributed by atoms with Crippen molar-refractivity contribution >= 4 is 8.58 Å². The van der Waals surface area contributed by atoms with Crippen LogP contribution in [0.4, 0.5) is 0 Å². The molecule has 65 valence electrons. The molecular formula is C11H16P. The average Bonchev–Trinajstić information content (AvgIpc) is 2.14. The third-order valence-corrected chi connectivity index (χ3v) is 2.70. The second-order valence-corrected chi connectivity index (χ2v) is 4.06. The van der Waals surface area contributed by atoms with Crippen molar-refractivity contribution in [2.75, 3.05) is 12.8 Å². The Bertz CT molecular complexity index is 193. The molecule has 0 saturated carbocycles. The molecule has 0 aliphatic carbocycles. The Hall–Kier alpha value is -0.350. The molecule has 0 aliphatic rings. The minimum atomic E-state index is 1.25. The molecule has 0 spiro atoms. The van der Waals surface area contributed by atoms with E-state index in [2.05, 4.69) is 37.0 Å². The van der Waals surface area contributed by atoms with Crippen molar-refractivity contribution in [2.24, 2.45) is 0 Å². The van der Waals surface area contributed by atoms with Crippen molar-refractivity contribution in [2.45, 2.75) is 19.3 Å². The minimum Gasteiger partial charge on any atom is -0.0844 e. The fraction of sp³-hybridized carbons (Fsp3) is 0.455. The van der Waals surface area contributed by atoms with Gasteiger partial charge < -0.3 is 0 Å². The van der Waals surface area contributed by atoms with Crippen LogP contribution >= 0.6 is 8.58 Å². The topological polar surface area (TPSA) is 0 Å². The molecule has 1 heteroatoms. The summed E-state index contributed by atoms with van der Waals surface area (Å²) in [4.78, 5) is 0. The highest BCUT2D eigenvalue weighted by Crippen LogP contribution is 2.09. The molecule has 0 bridgehead atoms. The largest absolute Gasteiger partial charge is 0.0844 e. The second-order valence-electron chi connectivity index (χ2n) is 2.98. The van der Waals surface area contributed by atoms with Crippen molar-refractivity contribution in [3.63, 3.8) is 0 Å². The van der Waals surface area contributed by atoms with Crippen LogP contribution in [-0.2, 0) is 6.42 Å². The van der Waals surface area contributed by atoms with Crippen LogP contribution in [0.1, 0.15) is 18.4 Å². The molecule has 0 atom stereocenters. The minimum absolute atomic E-state index is 1.25. The third kappa shape index (κ3) is 3.88. The Morgan fingerprint density at radius 3 is 2.50 bits per heavy atom. The van der Waals surface area contributed by atoms with Gasteiger partial charge in [0.05, 0.1) is 0 Å². The first-order valence-electron chi connectivity index (χ1n) is 4.53. The van der Waals surface area contributed by atoms with E-state index in [1.54, 1.807) is 0 Å². The Kier molecular flexibility index (Phi) is 5.03. The summed E-state index contributed by atoms with van der Waals surface area (Å²) < 4.78 is 0. The van der Waals surface area contributed by atoms with Gasteiger partial charge in [-0.2, -0.15) is 0 Å². The summed E-state index contributed by atoms with van der Waals surface area (Å²) in [5.41, 5.74) is 1.48. The highest BCUT2D eigenvalue weighted by Gasteiger charge is 1.90. The molecule has 0 unspecified atom stereocenters. The molecule has 0 saturated heterocycles. The van der Waals surface area contributed by atoms with Gasteiger partial charge in [-0.15, -0.1) is 0 Å². The van der Waals surface area contributed by atoms with Crippen molar-refractivity contribution < 1.29 is 0 Å². The first-order chi connectivity index (χ1) is 5.93. The van der Waals surface area contributed by atoms with Crippen molar-refractivity contribution in [3.05, 3.63) is 35.9 Å². The summed E-state index contributed by atoms with van der Waals surface area (Å²) in [5.74, 6) is 0. The van der Waals surface area contributed by atoms with Gasteiger partial charge in [0.2, 0.25) is 0 Å². The first-order valence-corrected chi connectivity index (χ1v) is 6.05. The Morgan fingerprint density at radius 1 is 1.08 bits per heavy atom. The van der Waals surface area contributed by atoms with Gasteiger partial charge >= 0.3 is 0 Å². The van der Waals surface area contributed by atoms with Gasteiger partial charge in [-0.05, 0) is 37.7 Å². The molecule has 0 fully saturated rings. The predicted octanol–water partition coefficient (Wildman–Crippen LogP) is 3.59. The number of hydrogen-bond acceptors (Lipinski definition) is 0. The van der Waals surface area contributed by atoms with Crippen LogP contribution in [0, 0.1) is 0 Å². The maximum atomic E-state index is 2.22. The molecule has 1 rings (SSSR count). The van der Waals surface area contributed by atoms with Gasteiger partial charge in [-0.1, -0.05) is 38.9 Å². The van der Waals surface area contributed by atoms with E-state index < -0.39 is 0 Å². The zero-order valence-corrected chi connectivity index (χ0v) is 8.56. The number of hydrogen-bond donors (Lipinski definition) is 0. The summed E-state index contributed by atoms with van der Waals surface area (Å²) in [6.07, 6.45) is 5.31. The molecule has 1 aromatic rings. The van der Waals surface area contributed by atoms with Gasteiger partial charge in [0.25, 0.3) is 0 Å². The molecule has 1 radical (unpaired) electrons. The average molecular weight is 179 g/mol. The molecule has 12 heavy (non-hydrogen) atoms. The Morgan fingerprint density at radius 2 is 1.83 bits per heavy atom. The van der Waals surface area contributed by atoms with Crippen LogP contribution < -0.4 is 0 Å². The van der Waals surface area contributed by atoms with Gasteiger partial charge in [0, 0.05) is 0 Å². The van der Waals surface area contributed by atoms with E-state index in [0.717, 1.165) is 0 Å². The van der Waals surface area contributed by atoms with E-state index >= 15 is 0 Å². The number of aryl methyl sites for hydroxylation is 1. The highest BCUT2D eigenvalue weighted by atomic mass is 31.1. The van der Waals surface area contributed by atoms with Crippen molar-refractivity contribution in [1.82, 2.24) is 0 Å². The highest BCUT2D eigenvalue weighted by molar-refractivity contribution is 7.36. The zero-order chi connectivity index (χ0) is 8.65. The fourth-order valence-corrected chi connectivity index (χ4v) is 1.78. The Labute approximate surface area is 77.2 Å². The number of unbranched alkanes of at least 4 members (excludes halogenated alkanes) is 1. The first kappa shape index (κ1) is 9.74. The van der Waals surface area contributed by atoms with Gasteiger partial charge in [0.1, 0.15) is 0 Å².